The van der Waals surface area contributed by atoms with Crippen molar-refractivity contribution in [3.63, 3.8) is 0 Å². The van der Waals surface area contributed by atoms with E-state index in [-0.39, 0.29) is 6.04 Å². The Morgan fingerprint density at radius 2 is 1.83 bits per heavy atom. The third-order valence-corrected chi connectivity index (χ3v) is 3.92. The molecule has 1 aliphatic rings. The van der Waals surface area contributed by atoms with Crippen LogP contribution < -0.4 is 11.1 Å². The van der Waals surface area contributed by atoms with E-state index in [1.54, 1.807) is 0 Å². The highest BCUT2D eigenvalue weighted by molar-refractivity contribution is 5.37. The molecular formula is C16H26N2. The van der Waals surface area contributed by atoms with Crippen LogP contribution in [0.1, 0.15) is 63.2 Å². The predicted octanol–water partition coefficient (Wildman–Crippen LogP) is 3.55. The standard InChI is InChI=1S/C16H26N2/c1-11(2)8-9-12(3)18-16-10-15(17)13-6-4-5-7-14(13)16/h4-7,11-12,15-16,18H,8-10,17H2,1-3H3. The summed E-state index contributed by atoms with van der Waals surface area (Å²) in [6, 6.07) is 9.80. The highest BCUT2D eigenvalue weighted by Crippen LogP contribution is 2.37. The maximum Gasteiger partial charge on any atom is 0.0343 e. The van der Waals surface area contributed by atoms with Crippen molar-refractivity contribution in [1.29, 1.82) is 0 Å². The zero-order valence-electron chi connectivity index (χ0n) is 11.8. The minimum Gasteiger partial charge on any atom is -0.324 e. The first kappa shape index (κ1) is 13.6. The number of fused-ring (bicyclic) bond motifs is 1. The van der Waals surface area contributed by atoms with Gasteiger partial charge in [0.15, 0.2) is 0 Å². The fourth-order valence-electron chi connectivity index (χ4n) is 2.84. The molecule has 0 radical (unpaired) electrons. The van der Waals surface area contributed by atoms with Crippen LogP contribution in [0.25, 0.3) is 0 Å². The van der Waals surface area contributed by atoms with Crippen LogP contribution in [0.3, 0.4) is 0 Å². The Balaban J connectivity index is 1.95. The summed E-state index contributed by atoms with van der Waals surface area (Å²) in [5.41, 5.74) is 8.92. The fraction of sp³-hybridized carbons (Fsp3) is 0.625. The molecule has 3 unspecified atom stereocenters. The van der Waals surface area contributed by atoms with E-state index in [2.05, 4.69) is 50.4 Å². The van der Waals surface area contributed by atoms with E-state index < -0.39 is 0 Å². The second kappa shape index (κ2) is 5.85. The molecule has 2 nitrogen and oxygen atoms in total. The molecule has 2 rings (SSSR count). The van der Waals surface area contributed by atoms with Gasteiger partial charge in [-0.15, -0.1) is 0 Å². The fourth-order valence-corrected chi connectivity index (χ4v) is 2.84. The Morgan fingerprint density at radius 1 is 1.17 bits per heavy atom. The van der Waals surface area contributed by atoms with E-state index in [0.717, 1.165) is 12.3 Å². The van der Waals surface area contributed by atoms with Crippen molar-refractivity contribution in [3.8, 4) is 0 Å². The number of hydrogen-bond acceptors (Lipinski definition) is 2. The molecule has 0 aromatic heterocycles. The van der Waals surface area contributed by atoms with Gasteiger partial charge >= 0.3 is 0 Å². The van der Waals surface area contributed by atoms with E-state index in [9.17, 15) is 0 Å². The van der Waals surface area contributed by atoms with Gasteiger partial charge in [0.1, 0.15) is 0 Å². The van der Waals surface area contributed by atoms with Gasteiger partial charge in [0.05, 0.1) is 0 Å². The Labute approximate surface area is 111 Å². The van der Waals surface area contributed by atoms with E-state index in [1.165, 1.54) is 24.0 Å². The van der Waals surface area contributed by atoms with Gasteiger partial charge in [0.25, 0.3) is 0 Å². The summed E-state index contributed by atoms with van der Waals surface area (Å²) >= 11 is 0. The van der Waals surface area contributed by atoms with Crippen molar-refractivity contribution >= 4 is 0 Å². The van der Waals surface area contributed by atoms with E-state index in [0.29, 0.717) is 12.1 Å². The highest BCUT2D eigenvalue weighted by Gasteiger charge is 2.28. The summed E-state index contributed by atoms with van der Waals surface area (Å²) in [6.45, 7) is 6.86. The van der Waals surface area contributed by atoms with Crippen molar-refractivity contribution in [2.24, 2.45) is 11.7 Å². The van der Waals surface area contributed by atoms with Crippen molar-refractivity contribution in [2.75, 3.05) is 0 Å². The second-order valence-corrected chi connectivity index (χ2v) is 6.06. The molecule has 1 aromatic carbocycles. The first-order valence-corrected chi connectivity index (χ1v) is 7.18. The summed E-state index contributed by atoms with van der Waals surface area (Å²) in [4.78, 5) is 0. The average molecular weight is 246 g/mol. The van der Waals surface area contributed by atoms with Gasteiger partial charge in [0.2, 0.25) is 0 Å². The molecule has 0 spiro atoms. The van der Waals surface area contributed by atoms with Crippen LogP contribution in [0.5, 0.6) is 0 Å². The first-order valence-electron chi connectivity index (χ1n) is 7.18. The largest absolute Gasteiger partial charge is 0.324 e. The van der Waals surface area contributed by atoms with Crippen LogP contribution in [0.2, 0.25) is 0 Å². The summed E-state index contributed by atoms with van der Waals surface area (Å²) in [7, 11) is 0. The molecule has 18 heavy (non-hydrogen) atoms. The zero-order chi connectivity index (χ0) is 13.1. The van der Waals surface area contributed by atoms with Gasteiger partial charge in [-0.25, -0.2) is 0 Å². The van der Waals surface area contributed by atoms with Crippen molar-refractivity contribution in [1.82, 2.24) is 5.32 Å². The SMILES string of the molecule is CC(C)CCC(C)NC1CC(N)c2ccccc21. The van der Waals surface area contributed by atoms with E-state index in [1.807, 2.05) is 0 Å². The lowest BCUT2D eigenvalue weighted by atomic mass is 10.0. The van der Waals surface area contributed by atoms with Crippen molar-refractivity contribution in [2.45, 2.75) is 58.2 Å². The molecule has 1 aromatic rings. The van der Waals surface area contributed by atoms with Gasteiger partial charge in [-0.05, 0) is 43.2 Å². The number of rotatable bonds is 5. The van der Waals surface area contributed by atoms with Gasteiger partial charge < -0.3 is 11.1 Å². The number of nitrogens with two attached hydrogens (primary N) is 1. The minimum atomic E-state index is 0.205. The summed E-state index contributed by atoms with van der Waals surface area (Å²) in [5.74, 6) is 0.785. The van der Waals surface area contributed by atoms with Crippen molar-refractivity contribution in [3.05, 3.63) is 35.4 Å². The Morgan fingerprint density at radius 3 is 2.50 bits per heavy atom. The summed E-state index contributed by atoms with van der Waals surface area (Å²) in [5, 5.41) is 3.74. The third-order valence-electron chi connectivity index (χ3n) is 3.92. The zero-order valence-corrected chi connectivity index (χ0v) is 11.8. The third kappa shape index (κ3) is 3.12. The van der Waals surface area contributed by atoms with Crippen LogP contribution in [-0.4, -0.2) is 6.04 Å². The van der Waals surface area contributed by atoms with Gasteiger partial charge in [-0.3, -0.25) is 0 Å². The number of nitrogens with one attached hydrogen (secondary N) is 1. The highest BCUT2D eigenvalue weighted by atomic mass is 15.0. The Bertz CT molecular complexity index is 386. The maximum absolute atomic E-state index is 6.19. The summed E-state index contributed by atoms with van der Waals surface area (Å²) < 4.78 is 0. The number of hydrogen-bond donors (Lipinski definition) is 2. The smallest absolute Gasteiger partial charge is 0.0343 e. The normalized spacial score (nSPS) is 24.3. The van der Waals surface area contributed by atoms with E-state index in [4.69, 9.17) is 5.73 Å². The molecule has 0 saturated heterocycles. The molecule has 0 bridgehead atoms. The molecule has 1 aliphatic carbocycles. The van der Waals surface area contributed by atoms with Gasteiger partial charge in [-0.1, -0.05) is 38.1 Å². The quantitative estimate of drug-likeness (QED) is 0.834. The lowest BCUT2D eigenvalue weighted by Crippen LogP contribution is -2.30. The van der Waals surface area contributed by atoms with E-state index >= 15 is 0 Å². The molecule has 2 heteroatoms. The average Bonchev–Trinajstić information content (AvgIpc) is 2.65. The molecule has 0 heterocycles. The monoisotopic (exact) mass is 246 g/mol. The first-order chi connectivity index (χ1) is 8.58. The molecule has 100 valence electrons. The molecule has 0 amide bonds. The van der Waals surface area contributed by atoms with Crippen LogP contribution in [-0.2, 0) is 0 Å². The second-order valence-electron chi connectivity index (χ2n) is 6.06. The Hall–Kier alpha value is -0.860. The van der Waals surface area contributed by atoms with Crippen LogP contribution in [0.4, 0.5) is 0 Å². The Kier molecular flexibility index (Phi) is 4.41. The topological polar surface area (TPSA) is 38.0 Å². The van der Waals surface area contributed by atoms with Crippen LogP contribution >= 0.6 is 0 Å². The lowest BCUT2D eigenvalue weighted by molar-refractivity contribution is 0.394. The molecule has 3 N–H and O–H groups in total. The van der Waals surface area contributed by atoms with Crippen LogP contribution in [0.15, 0.2) is 24.3 Å². The minimum absolute atomic E-state index is 0.205. The maximum atomic E-state index is 6.19. The van der Waals surface area contributed by atoms with Gasteiger partial charge in [-0.2, -0.15) is 0 Å². The lowest BCUT2D eigenvalue weighted by Gasteiger charge is -2.21. The van der Waals surface area contributed by atoms with Crippen LogP contribution in [0, 0.1) is 5.92 Å². The summed E-state index contributed by atoms with van der Waals surface area (Å²) in [6.07, 6.45) is 3.56. The molecule has 0 fully saturated rings. The van der Waals surface area contributed by atoms with Crippen molar-refractivity contribution < 1.29 is 0 Å². The molecule has 0 saturated carbocycles. The molecule has 0 aliphatic heterocycles. The molecular weight excluding hydrogens is 220 g/mol. The molecule has 3 atom stereocenters. The van der Waals surface area contributed by atoms with Gasteiger partial charge in [0, 0.05) is 18.1 Å². The predicted molar refractivity (Wildman–Crippen MR) is 77.4 cm³/mol. The number of benzene rings is 1.